The Bertz CT molecular complexity index is 228. The summed E-state index contributed by atoms with van der Waals surface area (Å²) in [6, 6.07) is 0.701. The van der Waals surface area contributed by atoms with Crippen molar-refractivity contribution >= 4 is 17.6 Å². The van der Waals surface area contributed by atoms with E-state index >= 15 is 0 Å². The van der Waals surface area contributed by atoms with Crippen molar-refractivity contribution in [2.75, 3.05) is 48.1 Å². The predicted molar refractivity (Wildman–Crippen MR) is 77.8 cm³/mol. The van der Waals surface area contributed by atoms with Crippen LogP contribution in [0.25, 0.3) is 0 Å². The molecule has 0 unspecified atom stereocenters. The molecule has 19 heavy (non-hydrogen) atoms. The van der Waals surface area contributed by atoms with E-state index < -0.39 is 17.6 Å². The Hall–Kier alpha value is 0.154. The molecule has 3 N–H and O–H groups in total. The standard InChI is InChI=1S/C10H28N2O5Si2/c1-13-18(5,14-2)17-19(15-3,16-4)10-6-8-12-9-7-11/h12H,6-11H2,1-5H3. The number of nitrogens with one attached hydrogen (secondary N) is 1. The molecule has 0 aliphatic heterocycles. The molecule has 0 amide bonds. The molecular formula is C10H28N2O5Si2. The van der Waals surface area contributed by atoms with E-state index in [0.717, 1.165) is 19.5 Å². The van der Waals surface area contributed by atoms with E-state index in [1.807, 2.05) is 6.55 Å². The minimum atomic E-state index is -2.74. The molecule has 0 aromatic heterocycles. The Morgan fingerprint density at radius 1 is 0.947 bits per heavy atom. The first-order valence-corrected chi connectivity index (χ1v) is 10.5. The lowest BCUT2D eigenvalue weighted by molar-refractivity contribution is 0.0910. The second-order valence-electron chi connectivity index (χ2n) is 4.11. The van der Waals surface area contributed by atoms with Gasteiger partial charge in [-0.25, -0.2) is 0 Å². The number of rotatable bonds is 12. The van der Waals surface area contributed by atoms with Gasteiger partial charge in [-0.3, -0.25) is 0 Å². The van der Waals surface area contributed by atoms with Crippen LogP contribution < -0.4 is 11.1 Å². The van der Waals surface area contributed by atoms with Crippen molar-refractivity contribution in [3.63, 3.8) is 0 Å². The van der Waals surface area contributed by atoms with Crippen LogP contribution in [0.1, 0.15) is 6.42 Å². The largest absolute Gasteiger partial charge is 0.493 e. The second kappa shape index (κ2) is 9.96. The number of hydrogen-bond donors (Lipinski definition) is 2. The quantitative estimate of drug-likeness (QED) is 0.389. The molecule has 9 heteroatoms. The molecular weight excluding hydrogens is 284 g/mol. The molecule has 0 heterocycles. The van der Waals surface area contributed by atoms with Gasteiger partial charge in [0.2, 0.25) is 0 Å². The summed E-state index contributed by atoms with van der Waals surface area (Å²) in [5.41, 5.74) is 5.41. The average Bonchev–Trinajstić information content (AvgIpc) is 2.45. The summed E-state index contributed by atoms with van der Waals surface area (Å²) >= 11 is 0. The molecule has 0 rings (SSSR count). The van der Waals surface area contributed by atoms with Crippen LogP contribution in [0.3, 0.4) is 0 Å². The number of hydrogen-bond acceptors (Lipinski definition) is 7. The van der Waals surface area contributed by atoms with Gasteiger partial charge in [-0.15, -0.1) is 0 Å². The molecule has 7 nitrogen and oxygen atoms in total. The van der Waals surface area contributed by atoms with Gasteiger partial charge in [0.05, 0.1) is 0 Å². The molecule has 0 aliphatic rings. The maximum absolute atomic E-state index is 5.97. The van der Waals surface area contributed by atoms with Crippen LogP contribution in [0.2, 0.25) is 12.6 Å². The van der Waals surface area contributed by atoms with Crippen LogP contribution >= 0.6 is 0 Å². The van der Waals surface area contributed by atoms with E-state index in [0.29, 0.717) is 12.6 Å². The fourth-order valence-electron chi connectivity index (χ4n) is 1.53. The highest BCUT2D eigenvalue weighted by atomic mass is 28.5. The third-order valence-corrected chi connectivity index (χ3v) is 9.28. The Kier molecular flexibility index (Phi) is 10.0. The van der Waals surface area contributed by atoms with Crippen LogP contribution in [0.15, 0.2) is 0 Å². The van der Waals surface area contributed by atoms with Crippen molar-refractivity contribution in [1.82, 2.24) is 5.32 Å². The summed E-state index contributed by atoms with van der Waals surface area (Å²) in [7, 11) is 0.926. The van der Waals surface area contributed by atoms with Gasteiger partial charge in [0.25, 0.3) is 0 Å². The van der Waals surface area contributed by atoms with Crippen LogP contribution in [0.5, 0.6) is 0 Å². The van der Waals surface area contributed by atoms with Crippen LogP contribution in [0, 0.1) is 0 Å². The summed E-state index contributed by atoms with van der Waals surface area (Å²) in [5, 5.41) is 3.23. The third kappa shape index (κ3) is 6.93. The van der Waals surface area contributed by atoms with Gasteiger partial charge >= 0.3 is 17.6 Å². The van der Waals surface area contributed by atoms with Crippen LogP contribution in [-0.4, -0.2) is 65.7 Å². The van der Waals surface area contributed by atoms with E-state index in [9.17, 15) is 0 Å². The first-order valence-electron chi connectivity index (χ1n) is 6.33. The van der Waals surface area contributed by atoms with Crippen LogP contribution in [0.4, 0.5) is 0 Å². The molecule has 0 saturated heterocycles. The highest BCUT2D eigenvalue weighted by Gasteiger charge is 2.48. The smallest absolute Gasteiger partial charge is 0.377 e. The zero-order chi connectivity index (χ0) is 14.8. The maximum Gasteiger partial charge on any atom is 0.493 e. The summed E-state index contributed by atoms with van der Waals surface area (Å²) in [6.45, 7) is 4.10. The van der Waals surface area contributed by atoms with Gasteiger partial charge in [-0.1, -0.05) is 0 Å². The minimum Gasteiger partial charge on any atom is -0.377 e. The maximum atomic E-state index is 5.97. The molecule has 0 aliphatic carbocycles. The Morgan fingerprint density at radius 2 is 1.53 bits per heavy atom. The predicted octanol–water partition coefficient (Wildman–Crippen LogP) is 0.0346. The van der Waals surface area contributed by atoms with E-state index in [4.69, 9.17) is 27.6 Å². The van der Waals surface area contributed by atoms with Crippen molar-refractivity contribution in [2.24, 2.45) is 5.73 Å². The molecule has 0 aromatic rings. The molecule has 116 valence electrons. The lowest BCUT2D eigenvalue weighted by Gasteiger charge is -2.33. The van der Waals surface area contributed by atoms with Crippen molar-refractivity contribution in [1.29, 1.82) is 0 Å². The fourth-order valence-corrected chi connectivity index (χ4v) is 6.88. The van der Waals surface area contributed by atoms with E-state index in [1.54, 1.807) is 28.4 Å². The SMILES string of the molecule is CO[Si](C)(OC)O[Si](CCCNCCN)(OC)OC. The minimum absolute atomic E-state index is 0.631. The summed E-state index contributed by atoms with van der Waals surface area (Å²) < 4.78 is 27.6. The van der Waals surface area contributed by atoms with Gasteiger partial charge in [0, 0.05) is 54.1 Å². The molecule has 0 spiro atoms. The first-order chi connectivity index (χ1) is 9.01. The summed E-state index contributed by atoms with van der Waals surface area (Å²) in [4.78, 5) is 0. The Morgan fingerprint density at radius 3 is 1.95 bits per heavy atom. The van der Waals surface area contributed by atoms with Crippen molar-refractivity contribution in [2.45, 2.75) is 19.0 Å². The third-order valence-electron chi connectivity index (χ3n) is 2.86. The molecule has 0 radical (unpaired) electrons. The highest BCUT2D eigenvalue weighted by Crippen LogP contribution is 2.22. The lowest BCUT2D eigenvalue weighted by Crippen LogP contribution is -2.55. The van der Waals surface area contributed by atoms with Gasteiger partial charge in [0.1, 0.15) is 0 Å². The monoisotopic (exact) mass is 312 g/mol. The topological polar surface area (TPSA) is 84.2 Å². The zero-order valence-electron chi connectivity index (χ0n) is 12.7. The van der Waals surface area contributed by atoms with Gasteiger partial charge in [-0.2, -0.15) is 0 Å². The van der Waals surface area contributed by atoms with Gasteiger partial charge in [0.15, 0.2) is 0 Å². The highest BCUT2D eigenvalue weighted by molar-refractivity contribution is 6.74. The van der Waals surface area contributed by atoms with Crippen molar-refractivity contribution in [3.8, 4) is 0 Å². The summed E-state index contributed by atoms with van der Waals surface area (Å²) in [6.07, 6.45) is 0.881. The zero-order valence-corrected chi connectivity index (χ0v) is 14.7. The molecule has 0 saturated carbocycles. The van der Waals surface area contributed by atoms with E-state index in [-0.39, 0.29) is 0 Å². The van der Waals surface area contributed by atoms with E-state index in [1.165, 1.54) is 0 Å². The second-order valence-corrected chi connectivity index (χ2v) is 10.1. The Balaban J connectivity index is 4.40. The normalized spacial score (nSPS) is 12.9. The first kappa shape index (κ1) is 19.2. The van der Waals surface area contributed by atoms with Gasteiger partial charge < -0.3 is 32.9 Å². The van der Waals surface area contributed by atoms with Crippen molar-refractivity contribution in [3.05, 3.63) is 0 Å². The lowest BCUT2D eigenvalue weighted by atomic mass is 10.5. The Labute approximate surface area is 118 Å². The van der Waals surface area contributed by atoms with Gasteiger partial charge in [-0.05, 0) is 13.0 Å². The summed E-state index contributed by atoms with van der Waals surface area (Å²) in [5.74, 6) is 0. The average molecular weight is 313 g/mol. The van der Waals surface area contributed by atoms with Crippen LogP contribution in [-0.2, 0) is 21.8 Å². The molecule has 0 aromatic carbocycles. The molecule has 0 bridgehead atoms. The van der Waals surface area contributed by atoms with Crippen molar-refractivity contribution < 1.29 is 21.8 Å². The molecule has 0 atom stereocenters. The molecule has 0 fully saturated rings. The van der Waals surface area contributed by atoms with E-state index in [2.05, 4.69) is 5.32 Å². The number of nitrogens with two attached hydrogens (primary N) is 1. The fraction of sp³-hybridized carbons (Fsp3) is 1.00.